The molecule has 0 aliphatic carbocycles. The van der Waals surface area contributed by atoms with Crippen LogP contribution in [0.2, 0.25) is 0 Å². The second-order valence-electron chi connectivity index (χ2n) is 5.39. The molecule has 1 aromatic rings. The molecule has 1 rings (SSSR count). The standard InChI is InChI=1S/C14H22OS/c1-14(2,3)10-9-13(15)11-5-7-12(16-4)8-6-11/h5-8,13,15H,9-10H2,1-4H3. The molecule has 1 atom stereocenters. The predicted molar refractivity (Wildman–Crippen MR) is 71.9 cm³/mol. The molecule has 1 nitrogen and oxygen atoms in total. The van der Waals surface area contributed by atoms with Gasteiger partial charge in [-0.15, -0.1) is 11.8 Å². The van der Waals surface area contributed by atoms with Crippen LogP contribution in [0.5, 0.6) is 0 Å². The van der Waals surface area contributed by atoms with Crippen molar-refractivity contribution in [2.24, 2.45) is 5.41 Å². The zero-order valence-corrected chi connectivity index (χ0v) is 11.5. The average Bonchev–Trinajstić information content (AvgIpc) is 2.25. The summed E-state index contributed by atoms with van der Waals surface area (Å²) in [6, 6.07) is 8.19. The molecule has 1 unspecified atom stereocenters. The summed E-state index contributed by atoms with van der Waals surface area (Å²) in [7, 11) is 0. The fraction of sp³-hybridized carbons (Fsp3) is 0.571. The van der Waals surface area contributed by atoms with Gasteiger partial charge in [-0.3, -0.25) is 0 Å². The zero-order chi connectivity index (χ0) is 12.2. The molecule has 0 aromatic heterocycles. The smallest absolute Gasteiger partial charge is 0.0790 e. The summed E-state index contributed by atoms with van der Waals surface area (Å²) in [6.45, 7) is 6.61. The van der Waals surface area contributed by atoms with Crippen LogP contribution in [-0.4, -0.2) is 11.4 Å². The van der Waals surface area contributed by atoms with Gasteiger partial charge in [0.05, 0.1) is 6.10 Å². The second-order valence-corrected chi connectivity index (χ2v) is 6.27. The number of thioether (sulfide) groups is 1. The number of aliphatic hydroxyl groups is 1. The molecule has 2 heteroatoms. The average molecular weight is 238 g/mol. The zero-order valence-electron chi connectivity index (χ0n) is 10.7. The number of hydrogen-bond acceptors (Lipinski definition) is 2. The van der Waals surface area contributed by atoms with E-state index < -0.39 is 0 Å². The lowest BCUT2D eigenvalue weighted by Crippen LogP contribution is -2.08. The Bertz CT molecular complexity index is 311. The Labute approximate surface area is 103 Å². The van der Waals surface area contributed by atoms with E-state index in [1.807, 2.05) is 12.1 Å². The van der Waals surface area contributed by atoms with E-state index in [0.717, 1.165) is 18.4 Å². The Morgan fingerprint density at radius 3 is 2.19 bits per heavy atom. The number of hydrogen-bond donors (Lipinski definition) is 1. The molecule has 0 saturated heterocycles. The second kappa shape index (κ2) is 5.74. The van der Waals surface area contributed by atoms with E-state index in [0.29, 0.717) is 5.41 Å². The Hall–Kier alpha value is -0.470. The molecule has 0 fully saturated rings. The van der Waals surface area contributed by atoms with Crippen LogP contribution in [-0.2, 0) is 0 Å². The first-order valence-electron chi connectivity index (χ1n) is 5.74. The van der Waals surface area contributed by atoms with Gasteiger partial charge >= 0.3 is 0 Å². The number of rotatable bonds is 4. The summed E-state index contributed by atoms with van der Waals surface area (Å²) in [5.41, 5.74) is 1.32. The molecule has 0 aliphatic rings. The van der Waals surface area contributed by atoms with Crippen LogP contribution in [0.1, 0.15) is 45.3 Å². The first-order chi connectivity index (χ1) is 7.42. The lowest BCUT2D eigenvalue weighted by atomic mass is 9.88. The van der Waals surface area contributed by atoms with Crippen LogP contribution >= 0.6 is 11.8 Å². The van der Waals surface area contributed by atoms with Crippen LogP contribution in [0.15, 0.2) is 29.2 Å². The highest BCUT2D eigenvalue weighted by molar-refractivity contribution is 7.98. The topological polar surface area (TPSA) is 20.2 Å². The molecular weight excluding hydrogens is 216 g/mol. The van der Waals surface area contributed by atoms with E-state index in [2.05, 4.69) is 39.2 Å². The fourth-order valence-corrected chi connectivity index (χ4v) is 1.97. The first kappa shape index (κ1) is 13.6. The molecular formula is C14H22OS. The fourth-order valence-electron chi connectivity index (χ4n) is 1.56. The van der Waals surface area contributed by atoms with Crippen LogP contribution in [0.3, 0.4) is 0 Å². The first-order valence-corrected chi connectivity index (χ1v) is 6.97. The molecule has 0 bridgehead atoms. The van der Waals surface area contributed by atoms with Crippen LogP contribution in [0.25, 0.3) is 0 Å². The minimum absolute atomic E-state index is 0.292. The molecule has 0 heterocycles. The molecule has 0 aliphatic heterocycles. The van der Waals surface area contributed by atoms with Crippen molar-refractivity contribution in [3.63, 3.8) is 0 Å². The molecule has 0 amide bonds. The lowest BCUT2D eigenvalue weighted by Gasteiger charge is -2.20. The number of aliphatic hydroxyl groups excluding tert-OH is 1. The van der Waals surface area contributed by atoms with E-state index in [1.165, 1.54) is 4.90 Å². The van der Waals surface area contributed by atoms with Gasteiger partial charge in [0, 0.05) is 4.90 Å². The molecule has 0 saturated carbocycles. The molecule has 0 spiro atoms. The van der Waals surface area contributed by atoms with Crippen molar-refractivity contribution in [2.45, 2.75) is 44.6 Å². The van der Waals surface area contributed by atoms with E-state index in [9.17, 15) is 5.11 Å². The Morgan fingerprint density at radius 2 is 1.75 bits per heavy atom. The van der Waals surface area contributed by atoms with Crippen molar-refractivity contribution < 1.29 is 5.11 Å². The Morgan fingerprint density at radius 1 is 1.19 bits per heavy atom. The highest BCUT2D eigenvalue weighted by atomic mass is 32.2. The summed E-state index contributed by atoms with van der Waals surface area (Å²) in [4.78, 5) is 1.24. The maximum absolute atomic E-state index is 10.0. The van der Waals surface area contributed by atoms with Crippen molar-refractivity contribution in [1.29, 1.82) is 0 Å². The molecule has 90 valence electrons. The van der Waals surface area contributed by atoms with Gasteiger partial charge in [-0.05, 0) is 42.2 Å². The van der Waals surface area contributed by atoms with Crippen LogP contribution in [0, 0.1) is 5.41 Å². The highest BCUT2D eigenvalue weighted by Gasteiger charge is 2.14. The minimum atomic E-state index is -0.324. The highest BCUT2D eigenvalue weighted by Crippen LogP contribution is 2.28. The van der Waals surface area contributed by atoms with Crippen molar-refractivity contribution in [3.05, 3.63) is 29.8 Å². The summed E-state index contributed by atoms with van der Waals surface area (Å²) >= 11 is 1.73. The number of benzene rings is 1. The van der Waals surface area contributed by atoms with Gasteiger partial charge in [-0.1, -0.05) is 32.9 Å². The summed E-state index contributed by atoms with van der Waals surface area (Å²) in [5.74, 6) is 0. The molecule has 1 aromatic carbocycles. The third-order valence-electron chi connectivity index (χ3n) is 2.67. The Balaban J connectivity index is 2.56. The van der Waals surface area contributed by atoms with Crippen LogP contribution < -0.4 is 0 Å². The Kier molecular flexibility index (Phi) is 4.88. The minimum Gasteiger partial charge on any atom is -0.388 e. The van der Waals surface area contributed by atoms with Crippen molar-refractivity contribution in [3.8, 4) is 0 Å². The quantitative estimate of drug-likeness (QED) is 0.791. The third-order valence-corrected chi connectivity index (χ3v) is 3.41. The molecule has 1 N–H and O–H groups in total. The van der Waals surface area contributed by atoms with Gasteiger partial charge < -0.3 is 5.11 Å². The van der Waals surface area contributed by atoms with Crippen LogP contribution in [0.4, 0.5) is 0 Å². The van der Waals surface area contributed by atoms with Crippen molar-refractivity contribution in [2.75, 3.05) is 6.26 Å². The largest absolute Gasteiger partial charge is 0.388 e. The van der Waals surface area contributed by atoms with Gasteiger partial charge in [0.1, 0.15) is 0 Å². The van der Waals surface area contributed by atoms with Gasteiger partial charge in [-0.2, -0.15) is 0 Å². The van der Waals surface area contributed by atoms with E-state index >= 15 is 0 Å². The monoisotopic (exact) mass is 238 g/mol. The molecule has 16 heavy (non-hydrogen) atoms. The lowest BCUT2D eigenvalue weighted by molar-refractivity contribution is 0.147. The summed E-state index contributed by atoms with van der Waals surface area (Å²) in [6.07, 6.45) is 3.61. The van der Waals surface area contributed by atoms with Gasteiger partial charge in [0.15, 0.2) is 0 Å². The van der Waals surface area contributed by atoms with E-state index in [4.69, 9.17) is 0 Å². The maximum Gasteiger partial charge on any atom is 0.0790 e. The van der Waals surface area contributed by atoms with Gasteiger partial charge in [-0.25, -0.2) is 0 Å². The predicted octanol–water partition coefficient (Wildman–Crippen LogP) is 4.27. The molecule has 0 radical (unpaired) electrons. The maximum atomic E-state index is 10.0. The van der Waals surface area contributed by atoms with E-state index in [-0.39, 0.29) is 6.10 Å². The summed E-state index contributed by atoms with van der Waals surface area (Å²) < 4.78 is 0. The summed E-state index contributed by atoms with van der Waals surface area (Å²) in [5, 5.41) is 10.0. The normalized spacial score (nSPS) is 13.8. The van der Waals surface area contributed by atoms with Gasteiger partial charge in [0.2, 0.25) is 0 Å². The SMILES string of the molecule is CSc1ccc(C(O)CCC(C)(C)C)cc1. The van der Waals surface area contributed by atoms with Crippen molar-refractivity contribution in [1.82, 2.24) is 0 Å². The third kappa shape index (κ3) is 4.58. The van der Waals surface area contributed by atoms with Crippen molar-refractivity contribution >= 4 is 11.8 Å². The van der Waals surface area contributed by atoms with Gasteiger partial charge in [0.25, 0.3) is 0 Å². The van der Waals surface area contributed by atoms with E-state index in [1.54, 1.807) is 11.8 Å².